The molecule has 0 aliphatic heterocycles. The lowest BCUT2D eigenvalue weighted by atomic mass is 10.4. The second-order valence-electron chi connectivity index (χ2n) is 4.58. The molecule has 0 amide bonds. The minimum Gasteiger partial charge on any atom is -0.126 e. The van der Waals surface area contributed by atoms with Crippen molar-refractivity contribution in [3.8, 4) is 0 Å². The standard InChI is InChI=1S/C11H16Cl2SSi/c1-15(2,3)11(8-12)14-10-6-4-9(13)5-7-10/h4-7,11H,8H2,1-3H3. The highest BCUT2D eigenvalue weighted by molar-refractivity contribution is 8.01. The van der Waals surface area contributed by atoms with Gasteiger partial charge in [-0.25, -0.2) is 0 Å². The fraction of sp³-hybridized carbons (Fsp3) is 0.455. The SMILES string of the molecule is C[Si](C)(C)C(CCl)Sc1ccc(Cl)cc1. The molecule has 15 heavy (non-hydrogen) atoms. The molecule has 0 fully saturated rings. The van der Waals surface area contributed by atoms with E-state index in [9.17, 15) is 0 Å². The van der Waals surface area contributed by atoms with Gasteiger partial charge in [-0.3, -0.25) is 0 Å². The van der Waals surface area contributed by atoms with Crippen molar-refractivity contribution in [2.75, 3.05) is 5.88 Å². The lowest BCUT2D eigenvalue weighted by Gasteiger charge is -2.26. The lowest BCUT2D eigenvalue weighted by Crippen LogP contribution is -2.36. The first-order valence-corrected chi connectivity index (χ1v) is 10.3. The second-order valence-corrected chi connectivity index (χ2v) is 12.4. The third kappa shape index (κ3) is 4.39. The van der Waals surface area contributed by atoms with Crippen LogP contribution in [0.2, 0.25) is 24.7 Å². The van der Waals surface area contributed by atoms with Crippen LogP contribution in [0.5, 0.6) is 0 Å². The number of hydrogen-bond donors (Lipinski definition) is 0. The maximum absolute atomic E-state index is 6.02. The summed E-state index contributed by atoms with van der Waals surface area (Å²) < 4.78 is 0. The van der Waals surface area contributed by atoms with Crippen molar-refractivity contribution in [2.45, 2.75) is 29.4 Å². The Morgan fingerprint density at radius 2 is 1.73 bits per heavy atom. The third-order valence-corrected chi connectivity index (χ3v) is 8.81. The average molecular weight is 279 g/mol. The molecule has 0 radical (unpaired) electrons. The van der Waals surface area contributed by atoms with Crippen LogP contribution in [0.1, 0.15) is 0 Å². The molecule has 0 N–H and O–H groups in total. The largest absolute Gasteiger partial charge is 0.126 e. The van der Waals surface area contributed by atoms with E-state index in [1.165, 1.54) is 4.90 Å². The monoisotopic (exact) mass is 278 g/mol. The Labute approximate surface area is 107 Å². The van der Waals surface area contributed by atoms with E-state index < -0.39 is 8.07 Å². The highest BCUT2D eigenvalue weighted by Crippen LogP contribution is 2.31. The second kappa shape index (κ2) is 5.62. The molecule has 4 heteroatoms. The number of alkyl halides is 1. The molecule has 1 aromatic rings. The molecule has 1 rings (SSSR count). The molecule has 0 bridgehead atoms. The van der Waals surface area contributed by atoms with Gasteiger partial charge in [-0.2, -0.15) is 0 Å². The maximum Gasteiger partial charge on any atom is 0.0607 e. The zero-order chi connectivity index (χ0) is 11.5. The molecule has 1 unspecified atom stereocenters. The molecule has 0 saturated heterocycles. The number of halogens is 2. The van der Waals surface area contributed by atoms with Crippen LogP contribution in [0.4, 0.5) is 0 Å². The van der Waals surface area contributed by atoms with E-state index in [1.807, 2.05) is 23.9 Å². The lowest BCUT2D eigenvalue weighted by molar-refractivity contribution is 1.28. The minimum atomic E-state index is -1.19. The molecule has 0 aromatic heterocycles. The van der Waals surface area contributed by atoms with Gasteiger partial charge in [0.25, 0.3) is 0 Å². The Balaban J connectivity index is 2.71. The Morgan fingerprint density at radius 1 is 1.20 bits per heavy atom. The van der Waals surface area contributed by atoms with E-state index in [2.05, 4.69) is 31.8 Å². The van der Waals surface area contributed by atoms with Gasteiger partial charge < -0.3 is 0 Å². The van der Waals surface area contributed by atoms with Crippen LogP contribution in [0.3, 0.4) is 0 Å². The van der Waals surface area contributed by atoms with Crippen molar-refractivity contribution in [2.24, 2.45) is 0 Å². The smallest absolute Gasteiger partial charge is 0.0607 e. The Hall–Kier alpha value is 0.367. The highest BCUT2D eigenvalue weighted by atomic mass is 35.5. The number of benzene rings is 1. The van der Waals surface area contributed by atoms with Gasteiger partial charge in [-0.05, 0) is 24.3 Å². The van der Waals surface area contributed by atoms with Crippen molar-refractivity contribution in [3.05, 3.63) is 29.3 Å². The summed E-state index contributed by atoms with van der Waals surface area (Å²) in [6.45, 7) is 7.05. The van der Waals surface area contributed by atoms with Crippen LogP contribution in [-0.4, -0.2) is 18.8 Å². The molecule has 0 aliphatic carbocycles. The number of thioether (sulfide) groups is 1. The predicted molar refractivity (Wildman–Crippen MR) is 75.2 cm³/mol. The van der Waals surface area contributed by atoms with E-state index >= 15 is 0 Å². The van der Waals surface area contributed by atoms with Gasteiger partial charge in [0.05, 0.1) is 8.07 Å². The molecule has 0 spiro atoms. The molecule has 84 valence electrons. The zero-order valence-corrected chi connectivity index (χ0v) is 12.6. The van der Waals surface area contributed by atoms with Gasteiger partial charge in [0.2, 0.25) is 0 Å². The van der Waals surface area contributed by atoms with Crippen molar-refractivity contribution in [1.29, 1.82) is 0 Å². The van der Waals surface area contributed by atoms with Gasteiger partial charge >= 0.3 is 0 Å². The van der Waals surface area contributed by atoms with Crippen molar-refractivity contribution in [3.63, 3.8) is 0 Å². The summed E-state index contributed by atoms with van der Waals surface area (Å²) in [7, 11) is -1.19. The summed E-state index contributed by atoms with van der Waals surface area (Å²) in [5.41, 5.74) is 0. The van der Waals surface area contributed by atoms with Crippen molar-refractivity contribution >= 4 is 43.0 Å². The minimum absolute atomic E-state index is 0.556. The highest BCUT2D eigenvalue weighted by Gasteiger charge is 2.26. The van der Waals surface area contributed by atoms with Crippen LogP contribution < -0.4 is 0 Å². The maximum atomic E-state index is 6.02. The van der Waals surface area contributed by atoms with E-state index in [-0.39, 0.29) is 0 Å². The fourth-order valence-electron chi connectivity index (χ4n) is 1.12. The predicted octanol–water partition coefficient (Wildman–Crippen LogP) is 4.92. The Kier molecular flexibility index (Phi) is 5.03. The molecule has 0 saturated carbocycles. The summed E-state index contributed by atoms with van der Waals surface area (Å²) in [5.74, 6) is 0.725. The molecule has 1 aromatic carbocycles. The van der Waals surface area contributed by atoms with Gasteiger partial charge in [-0.15, -0.1) is 23.4 Å². The zero-order valence-electron chi connectivity index (χ0n) is 9.26. The van der Waals surface area contributed by atoms with Gasteiger partial charge in [-0.1, -0.05) is 31.2 Å². The van der Waals surface area contributed by atoms with Gasteiger partial charge in [0.1, 0.15) is 0 Å². The molecule has 1 atom stereocenters. The molecule has 0 nitrogen and oxygen atoms in total. The Bertz CT molecular complexity index is 305. The third-order valence-electron chi connectivity index (χ3n) is 2.20. The quantitative estimate of drug-likeness (QED) is 0.428. The average Bonchev–Trinajstić information content (AvgIpc) is 2.15. The van der Waals surface area contributed by atoms with E-state index in [0.717, 1.165) is 10.9 Å². The molecular weight excluding hydrogens is 263 g/mol. The molecular formula is C11H16Cl2SSi. The summed E-state index contributed by atoms with van der Waals surface area (Å²) in [4.78, 5) is 1.81. The number of hydrogen-bond acceptors (Lipinski definition) is 1. The van der Waals surface area contributed by atoms with Crippen LogP contribution in [0.25, 0.3) is 0 Å². The van der Waals surface area contributed by atoms with Crippen LogP contribution in [0.15, 0.2) is 29.2 Å². The molecule has 0 heterocycles. The van der Waals surface area contributed by atoms with Gasteiger partial charge in [0, 0.05) is 20.7 Å². The topological polar surface area (TPSA) is 0 Å². The first kappa shape index (κ1) is 13.4. The van der Waals surface area contributed by atoms with Crippen LogP contribution in [-0.2, 0) is 0 Å². The van der Waals surface area contributed by atoms with Crippen molar-refractivity contribution < 1.29 is 0 Å². The normalized spacial score (nSPS) is 13.9. The number of rotatable bonds is 4. The van der Waals surface area contributed by atoms with Crippen LogP contribution in [0, 0.1) is 0 Å². The Morgan fingerprint density at radius 3 is 2.13 bits per heavy atom. The van der Waals surface area contributed by atoms with Gasteiger partial charge in [0.15, 0.2) is 0 Å². The van der Waals surface area contributed by atoms with E-state index in [1.54, 1.807) is 0 Å². The first-order valence-electron chi connectivity index (χ1n) is 4.91. The summed E-state index contributed by atoms with van der Waals surface area (Å²) in [6.07, 6.45) is 0. The summed E-state index contributed by atoms with van der Waals surface area (Å²) >= 11 is 13.7. The first-order chi connectivity index (χ1) is 6.93. The molecule has 0 aliphatic rings. The van der Waals surface area contributed by atoms with Crippen LogP contribution >= 0.6 is 35.0 Å². The fourth-order valence-corrected chi connectivity index (χ4v) is 5.79. The van der Waals surface area contributed by atoms with Crippen molar-refractivity contribution in [1.82, 2.24) is 0 Å². The van der Waals surface area contributed by atoms with E-state index in [4.69, 9.17) is 23.2 Å². The summed E-state index contributed by atoms with van der Waals surface area (Å²) in [6, 6.07) is 7.98. The van der Waals surface area contributed by atoms with E-state index in [0.29, 0.717) is 4.87 Å². The summed E-state index contributed by atoms with van der Waals surface area (Å²) in [5, 5.41) is 0.787.